The van der Waals surface area contributed by atoms with E-state index in [9.17, 15) is 4.79 Å². The fourth-order valence-electron chi connectivity index (χ4n) is 1.05. The molecule has 0 amide bonds. The maximum absolute atomic E-state index is 10.3. The van der Waals surface area contributed by atoms with E-state index >= 15 is 0 Å². The molecule has 0 aliphatic rings. The molecule has 1 N–H and O–H groups in total. The van der Waals surface area contributed by atoms with Crippen molar-refractivity contribution in [3.63, 3.8) is 0 Å². The van der Waals surface area contributed by atoms with E-state index < -0.39 is 5.97 Å². The molecule has 0 aliphatic carbocycles. The van der Waals surface area contributed by atoms with E-state index in [1.54, 1.807) is 6.07 Å². The third-order valence-electron chi connectivity index (χ3n) is 1.72. The zero-order chi connectivity index (χ0) is 10.6. The molecule has 4 heteroatoms. The summed E-state index contributed by atoms with van der Waals surface area (Å²) in [6, 6.07) is 5.52. The molecule has 0 heterocycles. The van der Waals surface area contributed by atoms with E-state index in [2.05, 4.69) is 0 Å². The Labute approximate surface area is 87.3 Å². The predicted molar refractivity (Wildman–Crippen MR) is 53.9 cm³/mol. The van der Waals surface area contributed by atoms with Crippen molar-refractivity contribution in [3.8, 4) is 5.75 Å². The van der Waals surface area contributed by atoms with Crippen molar-refractivity contribution in [2.24, 2.45) is 0 Å². The summed E-state index contributed by atoms with van der Waals surface area (Å²) in [7, 11) is 0. The van der Waals surface area contributed by atoms with Crippen LogP contribution in [0.3, 0.4) is 0 Å². The van der Waals surface area contributed by atoms with Crippen molar-refractivity contribution in [2.45, 2.75) is 12.8 Å². The number of hydrogen-bond donors (Lipinski definition) is 1. The third kappa shape index (κ3) is 2.92. The Morgan fingerprint density at radius 2 is 2.29 bits per heavy atom. The number of aliphatic carboxylic acids is 1. The van der Waals surface area contributed by atoms with Crippen LogP contribution in [-0.2, 0) is 10.7 Å². The van der Waals surface area contributed by atoms with Crippen LogP contribution in [0.4, 0.5) is 0 Å². The standard InChI is InChI=1S/C10H11ClO3/c1-7-2-3-8(5-11)9(4-7)14-6-10(12)13/h2-4H,5-6H2,1H3,(H,12,13). The fraction of sp³-hybridized carbons (Fsp3) is 0.300. The molecule has 0 aliphatic heterocycles. The summed E-state index contributed by atoms with van der Waals surface area (Å²) in [5, 5.41) is 8.45. The molecule has 1 rings (SSSR count). The Hall–Kier alpha value is -1.22. The third-order valence-corrected chi connectivity index (χ3v) is 2.01. The van der Waals surface area contributed by atoms with Gasteiger partial charge in [-0.15, -0.1) is 11.6 Å². The summed E-state index contributed by atoms with van der Waals surface area (Å²) in [5.74, 6) is -0.135. The van der Waals surface area contributed by atoms with Crippen molar-refractivity contribution in [1.29, 1.82) is 0 Å². The van der Waals surface area contributed by atoms with E-state index in [-0.39, 0.29) is 6.61 Å². The molecule has 0 radical (unpaired) electrons. The monoisotopic (exact) mass is 214 g/mol. The second-order valence-electron chi connectivity index (χ2n) is 2.93. The number of ether oxygens (including phenoxy) is 1. The van der Waals surface area contributed by atoms with Gasteiger partial charge in [-0.2, -0.15) is 0 Å². The molecule has 3 nitrogen and oxygen atoms in total. The zero-order valence-corrected chi connectivity index (χ0v) is 8.54. The molecule has 76 valence electrons. The predicted octanol–water partition coefficient (Wildman–Crippen LogP) is 2.20. The number of benzene rings is 1. The highest BCUT2D eigenvalue weighted by molar-refractivity contribution is 6.17. The van der Waals surface area contributed by atoms with Crippen LogP contribution < -0.4 is 4.74 Å². The molecule has 0 spiro atoms. The summed E-state index contributed by atoms with van der Waals surface area (Å²) in [6.07, 6.45) is 0. The summed E-state index contributed by atoms with van der Waals surface area (Å²) >= 11 is 5.67. The van der Waals surface area contributed by atoms with Gasteiger partial charge in [0, 0.05) is 5.56 Å². The maximum Gasteiger partial charge on any atom is 0.341 e. The van der Waals surface area contributed by atoms with Crippen molar-refractivity contribution in [1.82, 2.24) is 0 Å². The maximum atomic E-state index is 10.3. The number of halogens is 1. The van der Waals surface area contributed by atoms with Crippen LogP contribution in [0.25, 0.3) is 0 Å². The zero-order valence-electron chi connectivity index (χ0n) is 7.79. The number of carboxylic acid groups (broad SMARTS) is 1. The highest BCUT2D eigenvalue weighted by atomic mass is 35.5. The van der Waals surface area contributed by atoms with E-state index in [1.807, 2.05) is 19.1 Å². The average molecular weight is 215 g/mol. The van der Waals surface area contributed by atoms with Gasteiger partial charge in [-0.05, 0) is 18.6 Å². The Morgan fingerprint density at radius 1 is 1.57 bits per heavy atom. The second kappa shape index (κ2) is 4.86. The molecule has 0 fully saturated rings. The SMILES string of the molecule is Cc1ccc(CCl)c(OCC(=O)O)c1. The van der Waals surface area contributed by atoms with Crippen LogP contribution >= 0.6 is 11.6 Å². The first kappa shape index (κ1) is 10.9. The van der Waals surface area contributed by atoms with Gasteiger partial charge in [0.25, 0.3) is 0 Å². The van der Waals surface area contributed by atoms with Crippen molar-refractivity contribution < 1.29 is 14.6 Å². The van der Waals surface area contributed by atoms with Crippen molar-refractivity contribution in [3.05, 3.63) is 29.3 Å². The van der Waals surface area contributed by atoms with E-state index in [0.717, 1.165) is 11.1 Å². The Kier molecular flexibility index (Phi) is 3.77. The largest absolute Gasteiger partial charge is 0.482 e. The summed E-state index contributed by atoms with van der Waals surface area (Å²) in [4.78, 5) is 10.3. The molecular weight excluding hydrogens is 204 g/mol. The molecule has 0 aromatic heterocycles. The number of rotatable bonds is 4. The summed E-state index contributed by atoms with van der Waals surface area (Å²) < 4.78 is 5.09. The molecule has 0 unspecified atom stereocenters. The first-order chi connectivity index (χ1) is 6.63. The molecule has 14 heavy (non-hydrogen) atoms. The molecule has 0 saturated carbocycles. The minimum absolute atomic E-state index is 0.315. The number of carbonyl (C=O) groups is 1. The van der Waals surface area contributed by atoms with Crippen LogP contribution in [-0.4, -0.2) is 17.7 Å². The van der Waals surface area contributed by atoms with E-state index in [1.165, 1.54) is 0 Å². The molecule has 1 aromatic rings. The molecule has 0 saturated heterocycles. The molecule has 0 bridgehead atoms. The lowest BCUT2D eigenvalue weighted by molar-refractivity contribution is -0.139. The van der Waals surface area contributed by atoms with Gasteiger partial charge in [0.2, 0.25) is 0 Å². The minimum Gasteiger partial charge on any atom is -0.482 e. The first-order valence-electron chi connectivity index (χ1n) is 4.13. The first-order valence-corrected chi connectivity index (χ1v) is 4.67. The number of carboxylic acids is 1. The Morgan fingerprint density at radius 3 is 2.86 bits per heavy atom. The lowest BCUT2D eigenvalue weighted by Crippen LogP contribution is -2.10. The number of alkyl halides is 1. The number of hydrogen-bond acceptors (Lipinski definition) is 2. The quantitative estimate of drug-likeness (QED) is 0.782. The Bertz CT molecular complexity index is 336. The Balaban J connectivity index is 2.82. The lowest BCUT2D eigenvalue weighted by atomic mass is 10.1. The molecule has 1 aromatic carbocycles. The van der Waals surface area contributed by atoms with Crippen LogP contribution in [0.2, 0.25) is 0 Å². The fourth-order valence-corrected chi connectivity index (χ4v) is 1.27. The van der Waals surface area contributed by atoms with E-state index in [4.69, 9.17) is 21.4 Å². The highest BCUT2D eigenvalue weighted by Gasteiger charge is 2.05. The van der Waals surface area contributed by atoms with Gasteiger partial charge in [0.05, 0.1) is 5.88 Å². The van der Waals surface area contributed by atoms with Gasteiger partial charge in [-0.3, -0.25) is 0 Å². The molecule has 0 atom stereocenters. The normalized spacial score (nSPS) is 9.86. The van der Waals surface area contributed by atoms with Crippen LogP contribution in [0.1, 0.15) is 11.1 Å². The van der Waals surface area contributed by atoms with Crippen LogP contribution in [0.15, 0.2) is 18.2 Å². The smallest absolute Gasteiger partial charge is 0.341 e. The minimum atomic E-state index is -0.993. The number of aryl methyl sites for hydroxylation is 1. The van der Waals surface area contributed by atoms with Crippen LogP contribution in [0, 0.1) is 6.92 Å². The van der Waals surface area contributed by atoms with Crippen molar-refractivity contribution in [2.75, 3.05) is 6.61 Å². The van der Waals surface area contributed by atoms with Gasteiger partial charge >= 0.3 is 5.97 Å². The van der Waals surface area contributed by atoms with Crippen LogP contribution in [0.5, 0.6) is 5.75 Å². The average Bonchev–Trinajstić information content (AvgIpc) is 2.15. The lowest BCUT2D eigenvalue weighted by Gasteiger charge is -2.08. The topological polar surface area (TPSA) is 46.5 Å². The van der Waals surface area contributed by atoms with E-state index in [0.29, 0.717) is 11.6 Å². The summed E-state index contributed by atoms with van der Waals surface area (Å²) in [5.41, 5.74) is 1.82. The van der Waals surface area contributed by atoms with Gasteiger partial charge in [0.1, 0.15) is 5.75 Å². The highest BCUT2D eigenvalue weighted by Crippen LogP contribution is 2.21. The molecular formula is C10H11ClO3. The van der Waals surface area contributed by atoms with Gasteiger partial charge in [0.15, 0.2) is 6.61 Å². The van der Waals surface area contributed by atoms with Gasteiger partial charge in [-0.25, -0.2) is 4.79 Å². The van der Waals surface area contributed by atoms with Gasteiger partial charge < -0.3 is 9.84 Å². The van der Waals surface area contributed by atoms with Crippen molar-refractivity contribution >= 4 is 17.6 Å². The summed E-state index contributed by atoms with van der Waals surface area (Å²) in [6.45, 7) is 1.57. The van der Waals surface area contributed by atoms with Gasteiger partial charge in [-0.1, -0.05) is 12.1 Å². The second-order valence-corrected chi connectivity index (χ2v) is 3.19.